The van der Waals surface area contributed by atoms with E-state index in [-0.39, 0.29) is 17.4 Å². The van der Waals surface area contributed by atoms with Crippen LogP contribution in [0.5, 0.6) is 0 Å². The van der Waals surface area contributed by atoms with Crippen LogP contribution in [0.25, 0.3) is 0 Å². The Bertz CT molecular complexity index is 1110. The number of nitrogens with zero attached hydrogens (tertiary/aromatic N) is 1. The largest absolute Gasteiger partial charge is 0.459 e. The van der Waals surface area contributed by atoms with Crippen molar-refractivity contribution in [3.05, 3.63) is 69.2 Å². The van der Waals surface area contributed by atoms with Crippen LogP contribution < -0.4 is 16.3 Å². The average Bonchev–Trinajstić information content (AvgIpc) is 3.51. The van der Waals surface area contributed by atoms with Gasteiger partial charge < -0.3 is 8.83 Å². The number of rotatable bonds is 4. The molecule has 0 atom stereocenters. The van der Waals surface area contributed by atoms with Crippen molar-refractivity contribution >= 4 is 34.8 Å². The summed E-state index contributed by atoms with van der Waals surface area (Å²) < 4.78 is 10.7. The molecular weight excluding hydrogens is 408 g/mol. The quantitative estimate of drug-likeness (QED) is 0.553. The van der Waals surface area contributed by atoms with Gasteiger partial charge in [-0.1, -0.05) is 6.07 Å². The predicted octanol–water partition coefficient (Wildman–Crippen LogP) is 2.79. The Hall–Kier alpha value is -3.66. The number of carbonyl (C=O) groups is 3. The van der Waals surface area contributed by atoms with Gasteiger partial charge in [0.2, 0.25) is 0 Å². The Morgan fingerprint density at radius 3 is 2.63 bits per heavy atom. The van der Waals surface area contributed by atoms with Crippen molar-refractivity contribution in [2.45, 2.75) is 26.2 Å². The number of hydrazine groups is 1. The lowest BCUT2D eigenvalue weighted by Crippen LogP contribution is -2.41. The van der Waals surface area contributed by atoms with Crippen molar-refractivity contribution in [2.75, 3.05) is 0 Å². The summed E-state index contributed by atoms with van der Waals surface area (Å²) in [4.78, 5) is 37.2. The first-order valence-electron chi connectivity index (χ1n) is 9.22. The molecule has 3 aromatic rings. The Labute approximate surface area is 175 Å². The first kappa shape index (κ1) is 19.6. The summed E-state index contributed by atoms with van der Waals surface area (Å²) in [5.74, 6) is -0.681. The molecule has 0 unspecified atom stereocenters. The molecule has 3 aromatic heterocycles. The second-order valence-electron chi connectivity index (χ2n) is 6.57. The summed E-state index contributed by atoms with van der Waals surface area (Å²) in [6, 6.07) is 6.56. The molecule has 0 bridgehead atoms. The summed E-state index contributed by atoms with van der Waals surface area (Å²) in [7, 11) is 0. The number of carbonyl (C=O) groups excluding carboxylic acids is 3. The number of hydrogen-bond donors (Lipinski definition) is 3. The van der Waals surface area contributed by atoms with Crippen LogP contribution in [0.2, 0.25) is 0 Å². The third kappa shape index (κ3) is 3.90. The molecule has 0 aliphatic heterocycles. The van der Waals surface area contributed by atoms with Gasteiger partial charge in [-0.15, -0.1) is 11.3 Å². The minimum Gasteiger partial charge on any atom is -0.459 e. The highest BCUT2D eigenvalue weighted by atomic mass is 32.1. The summed E-state index contributed by atoms with van der Waals surface area (Å²) in [6.07, 6.45) is 3.44. The standard InChI is InChI=1S/C20H18N4O5S/c1-11-16-12(21-23-19(26)15-8-4-10-30-15)5-2-6-13(16)29-17(11)20(27)24-22-18(25)14-7-3-9-28-14/h3-4,7-10H,2,5-6H2,1H3,(H,22,25)(H,23,26)(H,24,27)/b21-12+. The molecule has 30 heavy (non-hydrogen) atoms. The normalized spacial score (nSPS) is 14.2. The van der Waals surface area contributed by atoms with Crippen LogP contribution in [0.3, 0.4) is 0 Å². The van der Waals surface area contributed by atoms with Crippen LogP contribution in [0.1, 0.15) is 60.5 Å². The SMILES string of the molecule is Cc1c(C(=O)NNC(=O)c2ccco2)oc2c1/C(=N/NC(=O)c1cccs1)CCC2. The molecular formula is C20H18N4O5S. The molecule has 3 heterocycles. The van der Waals surface area contributed by atoms with Crippen molar-refractivity contribution in [1.29, 1.82) is 0 Å². The second kappa shape index (κ2) is 8.37. The molecule has 1 aliphatic rings. The maximum atomic E-state index is 12.5. The predicted molar refractivity (Wildman–Crippen MR) is 108 cm³/mol. The Morgan fingerprint density at radius 2 is 1.90 bits per heavy atom. The van der Waals surface area contributed by atoms with Gasteiger partial charge in [0, 0.05) is 17.5 Å². The van der Waals surface area contributed by atoms with Crippen LogP contribution in [0, 0.1) is 6.92 Å². The van der Waals surface area contributed by atoms with E-state index in [9.17, 15) is 14.4 Å². The number of thiophene rings is 1. The van der Waals surface area contributed by atoms with E-state index in [1.165, 1.54) is 23.7 Å². The third-order valence-corrected chi connectivity index (χ3v) is 5.47. The number of hydrogen-bond acceptors (Lipinski definition) is 7. The molecule has 1 aliphatic carbocycles. The lowest BCUT2D eigenvalue weighted by Gasteiger charge is -2.13. The Balaban J connectivity index is 1.49. The fourth-order valence-electron chi connectivity index (χ4n) is 3.22. The smallest absolute Gasteiger partial charge is 0.305 e. The maximum Gasteiger partial charge on any atom is 0.305 e. The van der Waals surface area contributed by atoms with Gasteiger partial charge in [0.05, 0.1) is 16.9 Å². The van der Waals surface area contributed by atoms with Gasteiger partial charge in [0.25, 0.3) is 5.91 Å². The molecule has 0 saturated carbocycles. The Kier molecular flexibility index (Phi) is 5.48. The number of hydrazone groups is 1. The van der Waals surface area contributed by atoms with Gasteiger partial charge in [-0.2, -0.15) is 5.10 Å². The second-order valence-corrected chi connectivity index (χ2v) is 7.52. The summed E-state index contributed by atoms with van der Waals surface area (Å²) in [6.45, 7) is 1.74. The van der Waals surface area contributed by atoms with Crippen LogP contribution >= 0.6 is 11.3 Å². The number of aryl methyl sites for hydroxylation is 1. The summed E-state index contributed by atoms with van der Waals surface area (Å²) in [5.41, 5.74) is 9.13. The highest BCUT2D eigenvalue weighted by Gasteiger charge is 2.28. The molecule has 10 heteroatoms. The average molecular weight is 426 g/mol. The zero-order chi connectivity index (χ0) is 21.1. The van der Waals surface area contributed by atoms with Gasteiger partial charge in [0.15, 0.2) is 11.5 Å². The van der Waals surface area contributed by atoms with E-state index in [0.717, 1.165) is 12.0 Å². The summed E-state index contributed by atoms with van der Waals surface area (Å²) >= 11 is 1.33. The van der Waals surface area contributed by atoms with Crippen molar-refractivity contribution < 1.29 is 23.2 Å². The van der Waals surface area contributed by atoms with Gasteiger partial charge in [-0.3, -0.25) is 25.2 Å². The highest BCUT2D eigenvalue weighted by Crippen LogP contribution is 2.29. The molecule has 0 spiro atoms. The van der Waals surface area contributed by atoms with Crippen LogP contribution in [-0.4, -0.2) is 23.4 Å². The van der Waals surface area contributed by atoms with E-state index in [0.29, 0.717) is 34.8 Å². The third-order valence-electron chi connectivity index (χ3n) is 4.60. The van der Waals surface area contributed by atoms with Crippen LogP contribution in [0.15, 0.2) is 49.8 Å². The Morgan fingerprint density at radius 1 is 1.07 bits per heavy atom. The topological polar surface area (TPSA) is 126 Å². The zero-order valence-electron chi connectivity index (χ0n) is 16.0. The maximum absolute atomic E-state index is 12.5. The van der Waals surface area contributed by atoms with Crippen molar-refractivity contribution in [1.82, 2.24) is 16.3 Å². The van der Waals surface area contributed by atoms with Gasteiger partial charge in [-0.25, -0.2) is 5.43 Å². The lowest BCUT2D eigenvalue weighted by atomic mass is 9.93. The monoisotopic (exact) mass is 426 g/mol. The van der Waals surface area contributed by atoms with Crippen molar-refractivity contribution in [3.63, 3.8) is 0 Å². The number of fused-ring (bicyclic) bond motifs is 1. The van der Waals surface area contributed by atoms with E-state index in [4.69, 9.17) is 8.83 Å². The number of furan rings is 2. The molecule has 0 aromatic carbocycles. The number of amides is 3. The van der Waals surface area contributed by atoms with Gasteiger partial charge >= 0.3 is 11.8 Å². The minimum absolute atomic E-state index is 0.0710. The zero-order valence-corrected chi connectivity index (χ0v) is 16.8. The fourth-order valence-corrected chi connectivity index (χ4v) is 3.83. The number of nitrogens with one attached hydrogen (secondary N) is 3. The van der Waals surface area contributed by atoms with Crippen LogP contribution in [-0.2, 0) is 6.42 Å². The van der Waals surface area contributed by atoms with Gasteiger partial charge in [-0.05, 0) is 43.3 Å². The summed E-state index contributed by atoms with van der Waals surface area (Å²) in [5, 5.41) is 6.09. The van der Waals surface area contributed by atoms with Crippen molar-refractivity contribution in [3.8, 4) is 0 Å². The first-order chi connectivity index (χ1) is 14.5. The molecule has 154 valence electrons. The molecule has 9 nitrogen and oxygen atoms in total. The molecule has 0 radical (unpaired) electrons. The molecule has 0 fully saturated rings. The van der Waals surface area contributed by atoms with E-state index in [2.05, 4.69) is 21.4 Å². The fraction of sp³-hybridized carbons (Fsp3) is 0.200. The van der Waals surface area contributed by atoms with E-state index >= 15 is 0 Å². The molecule has 4 rings (SSSR count). The lowest BCUT2D eigenvalue weighted by molar-refractivity contribution is 0.0815. The van der Waals surface area contributed by atoms with E-state index in [1.807, 2.05) is 5.38 Å². The van der Waals surface area contributed by atoms with E-state index < -0.39 is 11.8 Å². The van der Waals surface area contributed by atoms with E-state index in [1.54, 1.807) is 25.1 Å². The first-order valence-corrected chi connectivity index (χ1v) is 10.1. The molecule has 0 saturated heterocycles. The molecule has 3 amide bonds. The van der Waals surface area contributed by atoms with Crippen LogP contribution in [0.4, 0.5) is 0 Å². The minimum atomic E-state index is -0.594. The molecule has 3 N–H and O–H groups in total. The highest BCUT2D eigenvalue weighted by molar-refractivity contribution is 7.12. The van der Waals surface area contributed by atoms with Crippen molar-refractivity contribution in [2.24, 2.45) is 5.10 Å². The van der Waals surface area contributed by atoms with Gasteiger partial charge in [0.1, 0.15) is 5.76 Å².